The van der Waals surface area contributed by atoms with Crippen LogP contribution in [-0.2, 0) is 10.0 Å². The van der Waals surface area contributed by atoms with Crippen LogP contribution in [0.5, 0.6) is 0 Å². The highest BCUT2D eigenvalue weighted by atomic mass is 79.9. The lowest BCUT2D eigenvalue weighted by Crippen LogP contribution is -2.31. The molecule has 0 radical (unpaired) electrons. The van der Waals surface area contributed by atoms with E-state index < -0.39 is 26.9 Å². The zero-order valence-corrected chi connectivity index (χ0v) is 11.3. The zero-order valence-electron chi connectivity index (χ0n) is 8.88. The van der Waals surface area contributed by atoms with Crippen molar-refractivity contribution in [2.45, 2.75) is 12.2 Å². The molecular formula is C9H11BrF2N2O2S. The van der Waals surface area contributed by atoms with E-state index in [0.29, 0.717) is 6.07 Å². The van der Waals surface area contributed by atoms with Gasteiger partial charge in [0.15, 0.2) is 0 Å². The molecule has 0 bridgehead atoms. The van der Waals surface area contributed by atoms with Crippen molar-refractivity contribution in [3.05, 3.63) is 28.2 Å². The molecular weight excluding hydrogens is 318 g/mol. The fourth-order valence-corrected chi connectivity index (χ4v) is 2.24. The van der Waals surface area contributed by atoms with Crippen LogP contribution in [0.1, 0.15) is 6.92 Å². The molecule has 0 spiro atoms. The van der Waals surface area contributed by atoms with Crippen molar-refractivity contribution in [1.82, 2.24) is 0 Å². The van der Waals surface area contributed by atoms with E-state index in [1.807, 2.05) is 4.72 Å². The van der Waals surface area contributed by atoms with Gasteiger partial charge in [0, 0.05) is 12.6 Å². The summed E-state index contributed by atoms with van der Waals surface area (Å²) in [7, 11) is -3.77. The molecule has 0 saturated carbocycles. The van der Waals surface area contributed by atoms with Gasteiger partial charge in [-0.25, -0.2) is 17.2 Å². The summed E-state index contributed by atoms with van der Waals surface area (Å²) in [5.41, 5.74) is 4.90. The van der Waals surface area contributed by atoms with Crippen molar-refractivity contribution in [2.24, 2.45) is 5.73 Å². The smallest absolute Gasteiger partial charge is 0.236 e. The summed E-state index contributed by atoms with van der Waals surface area (Å²) in [5, 5.41) is -0.870. The van der Waals surface area contributed by atoms with E-state index in [2.05, 4.69) is 15.9 Å². The molecule has 1 rings (SSSR count). The Kier molecular flexibility index (Phi) is 4.45. The maximum absolute atomic E-state index is 13.3. The molecule has 0 aliphatic rings. The third kappa shape index (κ3) is 3.36. The van der Waals surface area contributed by atoms with Crippen LogP contribution in [0, 0.1) is 11.6 Å². The summed E-state index contributed by atoms with van der Waals surface area (Å²) >= 11 is 2.84. The number of hydrogen-bond acceptors (Lipinski definition) is 3. The topological polar surface area (TPSA) is 72.2 Å². The van der Waals surface area contributed by atoms with E-state index in [9.17, 15) is 17.2 Å². The van der Waals surface area contributed by atoms with Crippen LogP contribution < -0.4 is 10.5 Å². The highest BCUT2D eigenvalue weighted by Crippen LogP contribution is 2.24. The second-order valence-corrected chi connectivity index (χ2v) is 6.39. The Bertz CT molecular complexity index is 522. The lowest BCUT2D eigenvalue weighted by Gasteiger charge is -2.13. The fourth-order valence-electron chi connectivity index (χ4n) is 0.981. The van der Waals surface area contributed by atoms with E-state index >= 15 is 0 Å². The lowest BCUT2D eigenvalue weighted by atomic mass is 10.3. The van der Waals surface area contributed by atoms with E-state index in [-0.39, 0.29) is 16.7 Å². The van der Waals surface area contributed by atoms with Crippen molar-refractivity contribution in [3.8, 4) is 0 Å². The predicted octanol–water partition coefficient (Wildman–Crippen LogP) is 1.82. The van der Waals surface area contributed by atoms with Gasteiger partial charge in [0.2, 0.25) is 10.0 Å². The summed E-state index contributed by atoms with van der Waals surface area (Å²) in [6.07, 6.45) is 0. The van der Waals surface area contributed by atoms with Gasteiger partial charge in [0.1, 0.15) is 11.6 Å². The minimum Gasteiger partial charge on any atom is -0.329 e. The average molecular weight is 329 g/mol. The predicted molar refractivity (Wildman–Crippen MR) is 65.1 cm³/mol. The SMILES string of the molecule is CC(CN)S(=O)(=O)Nc1cc(Br)c(F)cc1F. The normalized spacial score (nSPS) is 13.5. The number of hydrogen-bond donors (Lipinski definition) is 2. The molecule has 1 unspecified atom stereocenters. The van der Waals surface area contributed by atoms with E-state index in [0.717, 1.165) is 6.07 Å². The third-order valence-electron chi connectivity index (χ3n) is 2.12. The van der Waals surface area contributed by atoms with Gasteiger partial charge < -0.3 is 5.73 Å². The van der Waals surface area contributed by atoms with Crippen molar-refractivity contribution in [2.75, 3.05) is 11.3 Å². The first kappa shape index (κ1) is 14.3. The van der Waals surface area contributed by atoms with Gasteiger partial charge in [-0.3, -0.25) is 4.72 Å². The van der Waals surface area contributed by atoms with Gasteiger partial charge in [0.25, 0.3) is 0 Å². The summed E-state index contributed by atoms with van der Waals surface area (Å²) in [4.78, 5) is 0. The summed E-state index contributed by atoms with van der Waals surface area (Å²) in [6, 6.07) is 1.61. The maximum atomic E-state index is 13.3. The van der Waals surface area contributed by atoms with Crippen LogP contribution in [0.3, 0.4) is 0 Å². The van der Waals surface area contributed by atoms with Crippen molar-refractivity contribution in [1.29, 1.82) is 0 Å². The summed E-state index contributed by atoms with van der Waals surface area (Å²) < 4.78 is 51.5. The van der Waals surface area contributed by atoms with Crippen molar-refractivity contribution in [3.63, 3.8) is 0 Å². The number of sulfonamides is 1. The number of halogens is 3. The van der Waals surface area contributed by atoms with Gasteiger partial charge in [-0.2, -0.15) is 0 Å². The quantitative estimate of drug-likeness (QED) is 0.828. The number of nitrogens with one attached hydrogen (secondary N) is 1. The molecule has 4 nitrogen and oxygen atoms in total. The second kappa shape index (κ2) is 5.28. The monoisotopic (exact) mass is 328 g/mol. The molecule has 1 atom stereocenters. The first-order chi connectivity index (χ1) is 7.77. The van der Waals surface area contributed by atoms with Gasteiger partial charge in [-0.15, -0.1) is 0 Å². The minimum absolute atomic E-state index is 0.0306. The Morgan fingerprint density at radius 1 is 1.41 bits per heavy atom. The van der Waals surface area contributed by atoms with Crippen molar-refractivity contribution >= 4 is 31.6 Å². The molecule has 17 heavy (non-hydrogen) atoms. The fraction of sp³-hybridized carbons (Fsp3) is 0.333. The molecule has 0 aliphatic heterocycles. The highest BCUT2D eigenvalue weighted by molar-refractivity contribution is 9.10. The van der Waals surface area contributed by atoms with Crippen LogP contribution in [0.2, 0.25) is 0 Å². The Morgan fingerprint density at radius 2 is 2.00 bits per heavy atom. The molecule has 0 aromatic heterocycles. The van der Waals surface area contributed by atoms with Crippen LogP contribution in [0.25, 0.3) is 0 Å². The van der Waals surface area contributed by atoms with E-state index in [1.165, 1.54) is 6.92 Å². The largest absolute Gasteiger partial charge is 0.329 e. The number of anilines is 1. The first-order valence-electron chi connectivity index (χ1n) is 4.64. The molecule has 1 aromatic carbocycles. The Hall–Kier alpha value is -0.730. The first-order valence-corrected chi connectivity index (χ1v) is 6.98. The van der Waals surface area contributed by atoms with E-state index in [1.54, 1.807) is 0 Å². The minimum atomic E-state index is -3.77. The van der Waals surface area contributed by atoms with Crippen LogP contribution >= 0.6 is 15.9 Å². The number of rotatable bonds is 4. The Labute approximate surface area is 106 Å². The molecule has 0 saturated heterocycles. The molecule has 8 heteroatoms. The second-order valence-electron chi connectivity index (χ2n) is 3.44. The third-order valence-corrected chi connectivity index (χ3v) is 4.49. The highest BCUT2D eigenvalue weighted by Gasteiger charge is 2.21. The van der Waals surface area contributed by atoms with Gasteiger partial charge in [-0.1, -0.05) is 0 Å². The number of benzene rings is 1. The Balaban J connectivity index is 3.08. The maximum Gasteiger partial charge on any atom is 0.236 e. The average Bonchev–Trinajstić information content (AvgIpc) is 2.24. The molecule has 0 amide bonds. The van der Waals surface area contributed by atoms with Crippen LogP contribution in [0.4, 0.5) is 14.5 Å². The Morgan fingerprint density at radius 3 is 2.53 bits per heavy atom. The van der Waals surface area contributed by atoms with E-state index in [4.69, 9.17) is 5.73 Å². The number of nitrogens with two attached hydrogens (primary N) is 1. The standard InChI is InChI=1S/C9H11BrF2N2O2S/c1-5(4-13)17(15,16)14-9-2-6(10)7(11)3-8(9)12/h2-3,5,14H,4,13H2,1H3. The van der Waals surface area contributed by atoms with Gasteiger partial charge in [-0.05, 0) is 28.9 Å². The molecule has 1 aromatic rings. The molecule has 3 N–H and O–H groups in total. The van der Waals surface area contributed by atoms with Crippen LogP contribution in [0.15, 0.2) is 16.6 Å². The molecule has 0 heterocycles. The molecule has 0 aliphatic carbocycles. The van der Waals surface area contributed by atoms with Gasteiger partial charge in [0.05, 0.1) is 15.4 Å². The lowest BCUT2D eigenvalue weighted by molar-refractivity contribution is 0.576. The van der Waals surface area contributed by atoms with Crippen molar-refractivity contribution < 1.29 is 17.2 Å². The van der Waals surface area contributed by atoms with Crippen LogP contribution in [-0.4, -0.2) is 20.2 Å². The molecule has 0 fully saturated rings. The summed E-state index contributed by atoms with van der Waals surface area (Å²) in [6.45, 7) is 1.29. The molecule has 96 valence electrons. The van der Waals surface area contributed by atoms with Gasteiger partial charge >= 0.3 is 0 Å². The zero-order chi connectivity index (χ0) is 13.2. The summed E-state index contributed by atoms with van der Waals surface area (Å²) in [5.74, 6) is -1.80.